The highest BCUT2D eigenvalue weighted by Gasteiger charge is 2.21. The van der Waals surface area contributed by atoms with Crippen LogP contribution in [0.15, 0.2) is 47.6 Å². The fraction of sp³-hybridized carbons (Fsp3) is 0.429. The molecule has 29 heavy (non-hydrogen) atoms. The quantitative estimate of drug-likeness (QED) is 0.237. The van der Waals surface area contributed by atoms with Crippen molar-refractivity contribution in [1.29, 1.82) is 0 Å². The molecule has 0 saturated heterocycles. The van der Waals surface area contributed by atoms with Crippen molar-refractivity contribution in [2.45, 2.75) is 19.4 Å². The van der Waals surface area contributed by atoms with Gasteiger partial charge in [0.1, 0.15) is 11.6 Å². The zero-order valence-corrected chi connectivity index (χ0v) is 19.1. The molecule has 1 aromatic carbocycles. The summed E-state index contributed by atoms with van der Waals surface area (Å²) in [5.41, 5.74) is 1.01. The Morgan fingerprint density at radius 2 is 2.00 bits per heavy atom. The van der Waals surface area contributed by atoms with E-state index in [9.17, 15) is 4.39 Å². The van der Waals surface area contributed by atoms with Gasteiger partial charge in [-0.15, -0.1) is 24.0 Å². The molecule has 1 heterocycles. The molecule has 0 bridgehead atoms. The van der Waals surface area contributed by atoms with Crippen LogP contribution in [0.5, 0.6) is 11.6 Å². The Labute approximate surface area is 188 Å². The van der Waals surface area contributed by atoms with Crippen LogP contribution in [0.4, 0.5) is 4.39 Å². The molecule has 0 amide bonds. The van der Waals surface area contributed by atoms with Gasteiger partial charge in [0, 0.05) is 46.1 Å². The number of benzene rings is 1. The van der Waals surface area contributed by atoms with Gasteiger partial charge in [0.2, 0.25) is 5.88 Å². The second kappa shape index (κ2) is 11.9. The minimum atomic E-state index is -0.297. The number of nitrogens with one attached hydrogen (secondary N) is 1. The molecule has 1 aliphatic carbocycles. The maximum absolute atomic E-state index is 12.9. The van der Waals surface area contributed by atoms with E-state index in [4.69, 9.17) is 9.47 Å². The molecule has 158 valence electrons. The molecule has 3 rings (SSSR count). The van der Waals surface area contributed by atoms with Crippen LogP contribution in [0, 0.1) is 11.7 Å². The number of aromatic nitrogens is 1. The lowest BCUT2D eigenvalue weighted by Crippen LogP contribution is -2.40. The molecule has 6 nitrogen and oxygen atoms in total. The zero-order chi connectivity index (χ0) is 19.8. The standard InChI is InChI=1S/C21H27FN4O2.HI/c1-23-21(26(2)11-12-27-15-16-3-4-16)25-14-17-5-10-20(24-13-17)28-19-8-6-18(22)7-9-19;/h5-10,13,16H,3-4,11-12,14-15H2,1-2H3,(H,23,25);1H. The van der Waals surface area contributed by atoms with Crippen LogP contribution in [-0.2, 0) is 11.3 Å². The molecule has 1 fully saturated rings. The molecule has 0 atom stereocenters. The first kappa shape index (κ1) is 23.3. The van der Waals surface area contributed by atoms with Gasteiger partial charge in [-0.1, -0.05) is 6.07 Å². The molecule has 0 unspecified atom stereocenters. The predicted octanol–water partition coefficient (Wildman–Crippen LogP) is 4.06. The zero-order valence-electron chi connectivity index (χ0n) is 16.8. The first-order chi connectivity index (χ1) is 13.6. The van der Waals surface area contributed by atoms with Gasteiger partial charge in [0.05, 0.1) is 6.61 Å². The van der Waals surface area contributed by atoms with Gasteiger partial charge in [-0.05, 0) is 48.6 Å². The summed E-state index contributed by atoms with van der Waals surface area (Å²) in [5, 5.41) is 3.32. The molecule has 8 heteroatoms. The van der Waals surface area contributed by atoms with Crippen molar-refractivity contribution >= 4 is 29.9 Å². The Morgan fingerprint density at radius 1 is 1.24 bits per heavy atom. The van der Waals surface area contributed by atoms with Crippen molar-refractivity contribution in [2.75, 3.05) is 33.9 Å². The number of halogens is 2. The van der Waals surface area contributed by atoms with Crippen LogP contribution in [0.1, 0.15) is 18.4 Å². The van der Waals surface area contributed by atoms with Crippen molar-refractivity contribution in [2.24, 2.45) is 10.9 Å². The van der Waals surface area contributed by atoms with Gasteiger partial charge in [-0.3, -0.25) is 4.99 Å². The lowest BCUT2D eigenvalue weighted by molar-refractivity contribution is 0.115. The SMILES string of the molecule is CN=C(NCc1ccc(Oc2ccc(F)cc2)nc1)N(C)CCOCC1CC1.I. The molecule has 1 aliphatic rings. The van der Waals surface area contributed by atoms with Crippen LogP contribution in [0.25, 0.3) is 0 Å². The minimum absolute atomic E-state index is 0. The molecular formula is C21H28FIN4O2. The van der Waals surface area contributed by atoms with Crippen molar-refractivity contribution in [3.63, 3.8) is 0 Å². The van der Waals surface area contributed by atoms with Crippen LogP contribution < -0.4 is 10.1 Å². The highest BCUT2D eigenvalue weighted by molar-refractivity contribution is 14.0. The van der Waals surface area contributed by atoms with Crippen molar-refractivity contribution in [1.82, 2.24) is 15.2 Å². The first-order valence-corrected chi connectivity index (χ1v) is 9.52. The number of ether oxygens (including phenoxy) is 2. The maximum atomic E-state index is 12.9. The van der Waals surface area contributed by atoms with Crippen molar-refractivity contribution in [3.8, 4) is 11.6 Å². The Bertz CT molecular complexity index is 767. The molecule has 1 saturated carbocycles. The maximum Gasteiger partial charge on any atom is 0.219 e. The number of rotatable bonds is 9. The Morgan fingerprint density at radius 3 is 2.62 bits per heavy atom. The van der Waals surface area contributed by atoms with Crippen LogP contribution in [-0.4, -0.2) is 49.7 Å². The third-order valence-corrected chi connectivity index (χ3v) is 4.48. The van der Waals surface area contributed by atoms with Gasteiger partial charge >= 0.3 is 0 Å². The second-order valence-corrected chi connectivity index (χ2v) is 6.90. The largest absolute Gasteiger partial charge is 0.439 e. The summed E-state index contributed by atoms with van der Waals surface area (Å²) in [6.07, 6.45) is 4.36. The molecule has 2 aromatic rings. The van der Waals surface area contributed by atoms with E-state index in [0.717, 1.165) is 30.6 Å². The van der Waals surface area contributed by atoms with E-state index in [1.807, 2.05) is 18.0 Å². The van der Waals surface area contributed by atoms with E-state index in [-0.39, 0.29) is 29.8 Å². The summed E-state index contributed by atoms with van der Waals surface area (Å²) in [5.74, 6) is 2.30. The topological polar surface area (TPSA) is 59.0 Å². The summed E-state index contributed by atoms with van der Waals surface area (Å²) in [4.78, 5) is 10.7. The molecule has 0 radical (unpaired) electrons. The highest BCUT2D eigenvalue weighted by Crippen LogP contribution is 2.28. The van der Waals surface area contributed by atoms with E-state index in [2.05, 4.69) is 15.3 Å². The fourth-order valence-electron chi connectivity index (χ4n) is 2.61. The average molecular weight is 514 g/mol. The second-order valence-electron chi connectivity index (χ2n) is 6.90. The van der Waals surface area contributed by atoms with Gasteiger partial charge < -0.3 is 19.7 Å². The van der Waals surface area contributed by atoms with E-state index in [1.165, 1.54) is 25.0 Å². The minimum Gasteiger partial charge on any atom is -0.439 e. The molecule has 1 aromatic heterocycles. The molecule has 1 N–H and O–H groups in total. The molecule has 0 aliphatic heterocycles. The number of pyridine rings is 1. The third kappa shape index (κ3) is 8.14. The monoisotopic (exact) mass is 514 g/mol. The number of aliphatic imine (C=N–C) groups is 1. The summed E-state index contributed by atoms with van der Waals surface area (Å²) in [7, 11) is 3.76. The van der Waals surface area contributed by atoms with E-state index in [1.54, 1.807) is 31.4 Å². The first-order valence-electron chi connectivity index (χ1n) is 9.52. The smallest absolute Gasteiger partial charge is 0.219 e. The molecule has 0 spiro atoms. The molecular weight excluding hydrogens is 486 g/mol. The fourth-order valence-corrected chi connectivity index (χ4v) is 2.61. The lowest BCUT2D eigenvalue weighted by Gasteiger charge is -2.22. The third-order valence-electron chi connectivity index (χ3n) is 4.48. The number of likely N-dealkylation sites (N-methyl/N-ethyl adjacent to an activating group) is 1. The Balaban J connectivity index is 0.00000300. The average Bonchev–Trinajstić information content (AvgIpc) is 3.53. The summed E-state index contributed by atoms with van der Waals surface area (Å²) in [6.45, 7) is 2.96. The number of nitrogens with zero attached hydrogens (tertiary/aromatic N) is 3. The van der Waals surface area contributed by atoms with E-state index in [0.29, 0.717) is 24.8 Å². The van der Waals surface area contributed by atoms with Gasteiger partial charge in [0.25, 0.3) is 0 Å². The van der Waals surface area contributed by atoms with Crippen LogP contribution >= 0.6 is 24.0 Å². The van der Waals surface area contributed by atoms with E-state index < -0.39 is 0 Å². The highest BCUT2D eigenvalue weighted by atomic mass is 127. The van der Waals surface area contributed by atoms with Crippen LogP contribution in [0.2, 0.25) is 0 Å². The van der Waals surface area contributed by atoms with Crippen molar-refractivity contribution < 1.29 is 13.9 Å². The Kier molecular flexibility index (Phi) is 9.59. The van der Waals surface area contributed by atoms with Crippen LogP contribution in [0.3, 0.4) is 0 Å². The van der Waals surface area contributed by atoms with Gasteiger partial charge in [-0.2, -0.15) is 0 Å². The van der Waals surface area contributed by atoms with E-state index >= 15 is 0 Å². The van der Waals surface area contributed by atoms with Gasteiger partial charge in [-0.25, -0.2) is 9.37 Å². The normalized spacial score (nSPS) is 13.6. The number of hydrogen-bond donors (Lipinski definition) is 1. The summed E-state index contributed by atoms with van der Waals surface area (Å²) < 4.78 is 24.2. The predicted molar refractivity (Wildman–Crippen MR) is 122 cm³/mol. The number of hydrogen-bond acceptors (Lipinski definition) is 4. The Hall–Kier alpha value is -1.94. The number of guanidine groups is 1. The summed E-state index contributed by atoms with van der Waals surface area (Å²) >= 11 is 0. The lowest BCUT2D eigenvalue weighted by atomic mass is 10.3. The van der Waals surface area contributed by atoms with Gasteiger partial charge in [0.15, 0.2) is 5.96 Å². The van der Waals surface area contributed by atoms with Crippen molar-refractivity contribution in [3.05, 3.63) is 54.0 Å². The summed E-state index contributed by atoms with van der Waals surface area (Å²) in [6, 6.07) is 9.57.